The molecule has 0 unspecified atom stereocenters. The second-order valence-electron chi connectivity index (χ2n) is 5.18. The zero-order valence-corrected chi connectivity index (χ0v) is 12.9. The van der Waals surface area contributed by atoms with Crippen LogP contribution in [0.2, 0.25) is 0 Å². The Morgan fingerprint density at radius 1 is 1.25 bits per heavy atom. The largest absolute Gasteiger partial charge is 0.371 e. The average molecular weight is 332 g/mol. The minimum absolute atomic E-state index is 0.677. The van der Waals surface area contributed by atoms with Gasteiger partial charge in [-0.1, -0.05) is 34.1 Å². The van der Waals surface area contributed by atoms with E-state index in [0.717, 1.165) is 29.9 Å². The molecule has 1 aromatic heterocycles. The Morgan fingerprint density at radius 3 is 2.90 bits per heavy atom. The van der Waals surface area contributed by atoms with Crippen molar-refractivity contribution < 1.29 is 0 Å². The lowest BCUT2D eigenvalue weighted by atomic mass is 10.1. The van der Waals surface area contributed by atoms with Crippen LogP contribution in [0.25, 0.3) is 0 Å². The Kier molecular flexibility index (Phi) is 4.21. The minimum Gasteiger partial charge on any atom is -0.371 e. The highest BCUT2D eigenvalue weighted by Gasteiger charge is 2.22. The molecule has 0 aliphatic carbocycles. The summed E-state index contributed by atoms with van der Waals surface area (Å²) in [6, 6.07) is 14.6. The highest BCUT2D eigenvalue weighted by Crippen LogP contribution is 2.23. The van der Waals surface area contributed by atoms with Gasteiger partial charge in [-0.3, -0.25) is 0 Å². The number of pyridine rings is 1. The predicted octanol–water partition coefficient (Wildman–Crippen LogP) is 3.78. The molecule has 2 heterocycles. The van der Waals surface area contributed by atoms with E-state index in [4.69, 9.17) is 0 Å². The molecule has 4 heteroatoms. The van der Waals surface area contributed by atoms with Gasteiger partial charge in [-0.05, 0) is 36.6 Å². The van der Waals surface area contributed by atoms with E-state index in [1.165, 1.54) is 12.1 Å². The monoisotopic (exact) mass is 331 g/mol. The van der Waals surface area contributed by atoms with Crippen LogP contribution < -0.4 is 10.2 Å². The molecule has 1 aromatic carbocycles. The summed E-state index contributed by atoms with van der Waals surface area (Å²) in [7, 11) is 0. The van der Waals surface area contributed by atoms with E-state index in [1.807, 2.05) is 18.3 Å². The Labute approximate surface area is 128 Å². The summed E-state index contributed by atoms with van der Waals surface area (Å²) in [4.78, 5) is 6.78. The highest BCUT2D eigenvalue weighted by molar-refractivity contribution is 9.10. The van der Waals surface area contributed by atoms with Crippen LogP contribution in [0.1, 0.15) is 6.42 Å². The van der Waals surface area contributed by atoms with Gasteiger partial charge in [0.25, 0.3) is 0 Å². The number of rotatable bonds is 4. The third-order valence-corrected chi connectivity index (χ3v) is 4.19. The number of benzene rings is 1. The van der Waals surface area contributed by atoms with Crippen molar-refractivity contribution in [2.24, 2.45) is 5.92 Å². The summed E-state index contributed by atoms with van der Waals surface area (Å²) < 4.78 is 1.06. The fourth-order valence-corrected chi connectivity index (χ4v) is 2.96. The molecule has 2 aromatic rings. The lowest BCUT2D eigenvalue weighted by molar-refractivity contribution is 0.621. The van der Waals surface area contributed by atoms with Crippen molar-refractivity contribution in [3.8, 4) is 0 Å². The molecule has 104 valence electrons. The standard InChI is InChI=1S/C16H18BrN3/c17-14-6-8-18-16(10-14)19-11-13-7-9-20(12-13)15-4-2-1-3-5-15/h1-6,8,10,13H,7,9,11-12H2,(H,18,19)/t13-/m1/s1. The van der Waals surface area contributed by atoms with Crippen LogP contribution in [0.4, 0.5) is 11.5 Å². The SMILES string of the molecule is Brc1ccnc(NC[C@H]2CCN(c3ccccc3)C2)c1. The number of para-hydroxylation sites is 1. The van der Waals surface area contributed by atoms with Gasteiger partial charge in [0.2, 0.25) is 0 Å². The first-order valence-corrected chi connectivity index (χ1v) is 7.76. The van der Waals surface area contributed by atoms with Gasteiger partial charge in [-0.25, -0.2) is 4.98 Å². The Hall–Kier alpha value is -1.55. The Bertz CT molecular complexity index is 559. The van der Waals surface area contributed by atoms with Gasteiger partial charge in [0, 0.05) is 36.0 Å². The fraction of sp³-hybridized carbons (Fsp3) is 0.312. The van der Waals surface area contributed by atoms with Gasteiger partial charge in [0.15, 0.2) is 0 Å². The number of hydrogen-bond donors (Lipinski definition) is 1. The number of anilines is 2. The van der Waals surface area contributed by atoms with Gasteiger partial charge < -0.3 is 10.2 Å². The van der Waals surface area contributed by atoms with Crippen molar-refractivity contribution in [2.45, 2.75) is 6.42 Å². The first-order valence-electron chi connectivity index (χ1n) is 6.97. The van der Waals surface area contributed by atoms with Crippen molar-refractivity contribution in [3.63, 3.8) is 0 Å². The van der Waals surface area contributed by atoms with E-state index in [9.17, 15) is 0 Å². The molecule has 1 saturated heterocycles. The van der Waals surface area contributed by atoms with Gasteiger partial charge in [-0.15, -0.1) is 0 Å². The lowest BCUT2D eigenvalue weighted by Gasteiger charge is -2.18. The smallest absolute Gasteiger partial charge is 0.127 e. The van der Waals surface area contributed by atoms with E-state index in [0.29, 0.717) is 5.92 Å². The third-order valence-electron chi connectivity index (χ3n) is 3.70. The van der Waals surface area contributed by atoms with Gasteiger partial charge in [-0.2, -0.15) is 0 Å². The van der Waals surface area contributed by atoms with Crippen molar-refractivity contribution >= 4 is 27.4 Å². The Balaban J connectivity index is 1.53. The number of nitrogens with zero attached hydrogens (tertiary/aromatic N) is 2. The molecule has 1 aliphatic heterocycles. The van der Waals surface area contributed by atoms with Crippen LogP contribution >= 0.6 is 15.9 Å². The topological polar surface area (TPSA) is 28.2 Å². The van der Waals surface area contributed by atoms with Gasteiger partial charge >= 0.3 is 0 Å². The fourth-order valence-electron chi connectivity index (χ4n) is 2.62. The zero-order valence-electron chi connectivity index (χ0n) is 11.3. The molecule has 1 atom stereocenters. The van der Waals surface area contributed by atoms with Crippen LogP contribution in [0.15, 0.2) is 53.1 Å². The Morgan fingerprint density at radius 2 is 2.10 bits per heavy atom. The predicted molar refractivity (Wildman–Crippen MR) is 87.2 cm³/mol. The van der Waals surface area contributed by atoms with E-state index < -0.39 is 0 Å². The first-order chi connectivity index (χ1) is 9.81. The van der Waals surface area contributed by atoms with Crippen LogP contribution in [0, 0.1) is 5.92 Å². The molecule has 1 N–H and O–H groups in total. The number of nitrogens with one attached hydrogen (secondary N) is 1. The summed E-state index contributed by atoms with van der Waals surface area (Å²) in [6.45, 7) is 3.24. The van der Waals surface area contributed by atoms with Crippen molar-refractivity contribution in [3.05, 3.63) is 53.1 Å². The molecule has 0 amide bonds. The second kappa shape index (κ2) is 6.27. The maximum Gasteiger partial charge on any atom is 0.127 e. The van der Waals surface area contributed by atoms with E-state index in [2.05, 4.69) is 61.5 Å². The summed E-state index contributed by atoms with van der Waals surface area (Å²) in [6.07, 6.45) is 3.05. The van der Waals surface area contributed by atoms with Crippen LogP contribution in [0.3, 0.4) is 0 Å². The minimum atomic E-state index is 0.677. The average Bonchev–Trinajstić information content (AvgIpc) is 2.95. The normalized spacial score (nSPS) is 18.2. The summed E-state index contributed by atoms with van der Waals surface area (Å²) >= 11 is 3.47. The summed E-state index contributed by atoms with van der Waals surface area (Å²) in [5, 5.41) is 3.43. The third kappa shape index (κ3) is 3.31. The van der Waals surface area contributed by atoms with Crippen molar-refractivity contribution in [1.82, 2.24) is 4.98 Å². The summed E-state index contributed by atoms with van der Waals surface area (Å²) in [5.41, 5.74) is 1.33. The summed E-state index contributed by atoms with van der Waals surface area (Å²) in [5.74, 6) is 1.62. The maximum absolute atomic E-state index is 4.32. The van der Waals surface area contributed by atoms with E-state index >= 15 is 0 Å². The van der Waals surface area contributed by atoms with Crippen LogP contribution in [0.5, 0.6) is 0 Å². The molecule has 1 fully saturated rings. The van der Waals surface area contributed by atoms with Crippen molar-refractivity contribution in [2.75, 3.05) is 29.9 Å². The number of aromatic nitrogens is 1. The quantitative estimate of drug-likeness (QED) is 0.923. The van der Waals surface area contributed by atoms with Crippen LogP contribution in [-0.4, -0.2) is 24.6 Å². The molecule has 1 aliphatic rings. The van der Waals surface area contributed by atoms with E-state index in [1.54, 1.807) is 0 Å². The molecule has 0 spiro atoms. The first kappa shape index (κ1) is 13.4. The molecular formula is C16H18BrN3. The molecule has 20 heavy (non-hydrogen) atoms. The van der Waals surface area contributed by atoms with Gasteiger partial charge in [0.05, 0.1) is 0 Å². The highest BCUT2D eigenvalue weighted by atomic mass is 79.9. The lowest BCUT2D eigenvalue weighted by Crippen LogP contribution is -2.22. The second-order valence-corrected chi connectivity index (χ2v) is 6.09. The van der Waals surface area contributed by atoms with Crippen LogP contribution in [-0.2, 0) is 0 Å². The number of halogens is 1. The molecule has 3 rings (SSSR count). The zero-order chi connectivity index (χ0) is 13.8. The molecule has 3 nitrogen and oxygen atoms in total. The molecular weight excluding hydrogens is 314 g/mol. The molecule has 0 bridgehead atoms. The molecule has 0 saturated carbocycles. The number of hydrogen-bond acceptors (Lipinski definition) is 3. The van der Waals surface area contributed by atoms with Gasteiger partial charge in [0.1, 0.15) is 5.82 Å². The molecule has 0 radical (unpaired) electrons. The van der Waals surface area contributed by atoms with E-state index in [-0.39, 0.29) is 0 Å². The maximum atomic E-state index is 4.32. The van der Waals surface area contributed by atoms with Crippen molar-refractivity contribution in [1.29, 1.82) is 0 Å².